The largest absolute Gasteiger partial charge is 0.475 e. The molecule has 0 saturated heterocycles. The van der Waals surface area contributed by atoms with Gasteiger partial charge in [0, 0.05) is 29.0 Å². The van der Waals surface area contributed by atoms with Crippen molar-refractivity contribution in [3.63, 3.8) is 0 Å². The smallest absolute Gasteiger partial charge is 0.372 e. The quantitative estimate of drug-likeness (QED) is 0.805. The minimum atomic E-state index is -1.06. The third-order valence-electron chi connectivity index (χ3n) is 4.63. The van der Waals surface area contributed by atoms with Gasteiger partial charge in [-0.05, 0) is 12.5 Å². The van der Waals surface area contributed by atoms with Gasteiger partial charge in [-0.15, -0.1) is 0 Å². The summed E-state index contributed by atoms with van der Waals surface area (Å²) in [6, 6.07) is 7.48. The van der Waals surface area contributed by atoms with Gasteiger partial charge in [0.15, 0.2) is 0 Å². The zero-order valence-corrected chi connectivity index (χ0v) is 12.1. The maximum absolute atomic E-state index is 11.3. The van der Waals surface area contributed by atoms with Crippen LogP contribution in [0.2, 0.25) is 0 Å². The van der Waals surface area contributed by atoms with Crippen LogP contribution < -0.4 is 5.32 Å². The highest BCUT2D eigenvalue weighted by molar-refractivity contribution is 5.95. The van der Waals surface area contributed by atoms with E-state index in [4.69, 9.17) is 4.42 Å². The maximum Gasteiger partial charge on any atom is 0.372 e. The second-order valence-corrected chi connectivity index (χ2v) is 6.22. The summed E-state index contributed by atoms with van der Waals surface area (Å²) < 4.78 is 5.43. The molecule has 1 aromatic heterocycles. The summed E-state index contributed by atoms with van der Waals surface area (Å²) in [5, 5.41) is 23.2. The van der Waals surface area contributed by atoms with Crippen molar-refractivity contribution in [3.05, 3.63) is 35.6 Å². The van der Waals surface area contributed by atoms with Crippen molar-refractivity contribution in [2.45, 2.75) is 39.0 Å². The minimum absolute atomic E-state index is 0.0126. The van der Waals surface area contributed by atoms with Gasteiger partial charge in [0.1, 0.15) is 5.58 Å². The molecule has 0 amide bonds. The first-order valence-electron chi connectivity index (χ1n) is 7.06. The number of aromatic carboxylic acids is 1. The van der Waals surface area contributed by atoms with Crippen LogP contribution in [0, 0.1) is 5.41 Å². The molecular weight excluding hydrogens is 270 g/mol. The molecule has 0 bridgehead atoms. The number of aliphatic hydroxyl groups excluding tert-OH is 1. The minimum Gasteiger partial charge on any atom is -0.475 e. The number of benzene rings is 1. The summed E-state index contributed by atoms with van der Waals surface area (Å²) in [4.78, 5) is 11.3. The molecule has 5 heteroatoms. The lowest BCUT2D eigenvalue weighted by Gasteiger charge is -2.49. The molecule has 3 rings (SSSR count). The van der Waals surface area contributed by atoms with Crippen molar-refractivity contribution >= 4 is 16.9 Å². The third kappa shape index (κ3) is 2.22. The van der Waals surface area contributed by atoms with Crippen molar-refractivity contribution in [1.82, 2.24) is 5.32 Å². The molecule has 5 nitrogen and oxygen atoms in total. The van der Waals surface area contributed by atoms with Crippen molar-refractivity contribution in [3.8, 4) is 0 Å². The lowest BCUT2D eigenvalue weighted by Crippen LogP contribution is -2.59. The van der Waals surface area contributed by atoms with E-state index in [2.05, 4.69) is 5.32 Å². The molecule has 3 N–H and O–H groups in total. The normalized spacial score (nSPS) is 24.0. The van der Waals surface area contributed by atoms with Crippen LogP contribution in [0.25, 0.3) is 11.0 Å². The van der Waals surface area contributed by atoms with Gasteiger partial charge in [-0.2, -0.15) is 0 Å². The van der Waals surface area contributed by atoms with Crippen LogP contribution >= 0.6 is 0 Å². The molecular formula is C16H19NO4. The van der Waals surface area contributed by atoms with Crippen LogP contribution in [-0.4, -0.2) is 28.3 Å². The van der Waals surface area contributed by atoms with Gasteiger partial charge in [0.05, 0.1) is 6.10 Å². The molecule has 0 aliphatic heterocycles. The molecule has 1 saturated carbocycles. The van der Waals surface area contributed by atoms with Crippen LogP contribution in [0.1, 0.15) is 36.4 Å². The fraction of sp³-hybridized carbons (Fsp3) is 0.438. The van der Waals surface area contributed by atoms with Crippen LogP contribution in [0.3, 0.4) is 0 Å². The highest BCUT2D eigenvalue weighted by atomic mass is 16.4. The van der Waals surface area contributed by atoms with E-state index < -0.39 is 5.97 Å². The first-order valence-corrected chi connectivity index (χ1v) is 7.06. The first kappa shape index (κ1) is 14.1. The fourth-order valence-electron chi connectivity index (χ4n) is 2.92. The molecule has 0 spiro atoms. The highest BCUT2D eigenvalue weighted by Crippen LogP contribution is 2.40. The van der Waals surface area contributed by atoms with E-state index in [1.54, 1.807) is 6.07 Å². The van der Waals surface area contributed by atoms with Crippen LogP contribution in [0.5, 0.6) is 0 Å². The number of carboxylic acid groups (broad SMARTS) is 1. The molecule has 1 fully saturated rings. The van der Waals surface area contributed by atoms with Crippen molar-refractivity contribution in [2.24, 2.45) is 5.41 Å². The topological polar surface area (TPSA) is 82.7 Å². The summed E-state index contributed by atoms with van der Waals surface area (Å²) >= 11 is 0. The van der Waals surface area contributed by atoms with Crippen molar-refractivity contribution in [1.29, 1.82) is 0 Å². The van der Waals surface area contributed by atoms with E-state index in [1.165, 1.54) is 0 Å². The number of carboxylic acids is 1. The van der Waals surface area contributed by atoms with Gasteiger partial charge in [-0.3, -0.25) is 0 Å². The Morgan fingerprint density at radius 2 is 2.14 bits per heavy atom. The van der Waals surface area contributed by atoms with E-state index >= 15 is 0 Å². The summed E-state index contributed by atoms with van der Waals surface area (Å²) in [5.41, 5.74) is 1.05. The van der Waals surface area contributed by atoms with E-state index in [0.29, 0.717) is 24.1 Å². The number of carbonyl (C=O) groups is 1. The second kappa shape index (κ2) is 4.86. The Labute approximate surface area is 122 Å². The van der Waals surface area contributed by atoms with Gasteiger partial charge in [-0.25, -0.2) is 4.79 Å². The van der Waals surface area contributed by atoms with E-state index in [9.17, 15) is 15.0 Å². The number of hydrogen-bond donors (Lipinski definition) is 3. The van der Waals surface area contributed by atoms with E-state index in [-0.39, 0.29) is 23.3 Å². The van der Waals surface area contributed by atoms with Gasteiger partial charge < -0.3 is 19.9 Å². The first-order chi connectivity index (χ1) is 9.91. The van der Waals surface area contributed by atoms with E-state index in [1.807, 2.05) is 32.0 Å². The zero-order chi connectivity index (χ0) is 15.2. The Bertz CT molecular complexity index is 689. The molecule has 2 unspecified atom stereocenters. The Morgan fingerprint density at radius 1 is 1.43 bits per heavy atom. The molecule has 1 aliphatic rings. The number of nitrogens with one attached hydrogen (secondary N) is 1. The molecule has 2 aromatic rings. The number of rotatable bonds is 4. The monoisotopic (exact) mass is 289 g/mol. The van der Waals surface area contributed by atoms with Crippen LogP contribution in [0.4, 0.5) is 0 Å². The summed E-state index contributed by atoms with van der Waals surface area (Å²) in [5.74, 6) is -1.07. The molecule has 21 heavy (non-hydrogen) atoms. The fourth-order valence-corrected chi connectivity index (χ4v) is 2.92. The Balaban J connectivity index is 1.86. The number of furan rings is 1. The molecule has 0 radical (unpaired) electrons. The number of fused-ring (bicyclic) bond motifs is 1. The lowest BCUT2D eigenvalue weighted by atomic mass is 9.64. The van der Waals surface area contributed by atoms with Gasteiger partial charge >= 0.3 is 5.97 Å². The average molecular weight is 289 g/mol. The van der Waals surface area contributed by atoms with Crippen molar-refractivity contribution in [2.75, 3.05) is 0 Å². The summed E-state index contributed by atoms with van der Waals surface area (Å²) in [6.07, 6.45) is 0.376. The molecule has 112 valence electrons. The standard InChI is InChI=1S/C16H19NO4/c1-16(2)12(7-13(16)18)17-8-10-9-5-3-4-6-11(9)21-14(10)15(19)20/h3-6,12-13,17-18H,7-8H2,1-2H3,(H,19,20). The predicted molar refractivity (Wildman–Crippen MR) is 78.2 cm³/mol. The van der Waals surface area contributed by atoms with Crippen LogP contribution in [-0.2, 0) is 6.54 Å². The number of aliphatic hydroxyl groups is 1. The lowest BCUT2D eigenvalue weighted by molar-refractivity contribution is -0.0729. The van der Waals surface area contributed by atoms with Crippen LogP contribution in [0.15, 0.2) is 28.7 Å². The Morgan fingerprint density at radius 3 is 2.76 bits per heavy atom. The van der Waals surface area contributed by atoms with Gasteiger partial charge in [0.25, 0.3) is 0 Å². The SMILES string of the molecule is CC1(C)C(O)CC1NCc1c(C(=O)O)oc2ccccc12. The molecule has 2 atom stereocenters. The maximum atomic E-state index is 11.3. The number of para-hydroxylation sites is 1. The zero-order valence-electron chi connectivity index (χ0n) is 12.1. The number of hydrogen-bond acceptors (Lipinski definition) is 4. The summed E-state index contributed by atoms with van der Waals surface area (Å²) in [7, 11) is 0. The average Bonchev–Trinajstić information content (AvgIpc) is 2.82. The van der Waals surface area contributed by atoms with Gasteiger partial charge in [-0.1, -0.05) is 32.0 Å². The Hall–Kier alpha value is -1.85. The molecule has 1 aromatic carbocycles. The summed E-state index contributed by atoms with van der Waals surface area (Å²) in [6.45, 7) is 4.42. The second-order valence-electron chi connectivity index (χ2n) is 6.22. The third-order valence-corrected chi connectivity index (χ3v) is 4.63. The molecule has 1 aliphatic carbocycles. The van der Waals surface area contributed by atoms with Gasteiger partial charge in [0.2, 0.25) is 5.76 Å². The highest BCUT2D eigenvalue weighted by Gasteiger charge is 2.46. The van der Waals surface area contributed by atoms with Crippen molar-refractivity contribution < 1.29 is 19.4 Å². The predicted octanol–water partition coefficient (Wildman–Crippen LogP) is 2.38. The van der Waals surface area contributed by atoms with E-state index in [0.717, 1.165) is 5.39 Å². The Kier molecular flexibility index (Phi) is 3.26. The molecule has 1 heterocycles.